The molecule has 0 aliphatic heterocycles. The molecular formula is C35H52. The molecule has 35 heavy (non-hydrogen) atoms. The molecule has 0 heterocycles. The number of benzene rings is 2. The normalized spacial score (nSPS) is 25.0. The number of hydrogen-bond acceptors (Lipinski definition) is 0. The molecule has 0 aromatic heterocycles. The summed E-state index contributed by atoms with van der Waals surface area (Å²) in [6, 6.07) is 19.2. The van der Waals surface area contributed by atoms with E-state index in [4.69, 9.17) is 0 Å². The molecule has 0 nitrogen and oxygen atoms in total. The summed E-state index contributed by atoms with van der Waals surface area (Å²) < 4.78 is 0. The maximum absolute atomic E-state index is 2.43. The first-order chi connectivity index (χ1) is 17.2. The summed E-state index contributed by atoms with van der Waals surface area (Å²) in [5.74, 6) is 3.81. The molecule has 2 saturated carbocycles. The summed E-state index contributed by atoms with van der Waals surface area (Å²) in [4.78, 5) is 0. The van der Waals surface area contributed by atoms with E-state index in [9.17, 15) is 0 Å². The second-order valence-electron chi connectivity index (χ2n) is 12.1. The van der Waals surface area contributed by atoms with Crippen LogP contribution in [0.1, 0.15) is 132 Å². The largest absolute Gasteiger partial charge is 0.0654 e. The van der Waals surface area contributed by atoms with Crippen LogP contribution < -0.4 is 0 Å². The molecule has 2 aliphatic rings. The van der Waals surface area contributed by atoms with Gasteiger partial charge in [-0.25, -0.2) is 0 Å². The van der Waals surface area contributed by atoms with Crippen LogP contribution in [0, 0.1) is 17.8 Å². The monoisotopic (exact) mass is 472 g/mol. The molecule has 0 bridgehead atoms. The van der Waals surface area contributed by atoms with E-state index in [1.54, 1.807) is 11.1 Å². The fourth-order valence-electron chi connectivity index (χ4n) is 6.98. The van der Waals surface area contributed by atoms with E-state index in [1.165, 1.54) is 107 Å². The number of aryl methyl sites for hydroxylation is 3. The lowest BCUT2D eigenvalue weighted by Gasteiger charge is -2.28. The van der Waals surface area contributed by atoms with Gasteiger partial charge in [0.25, 0.3) is 0 Å². The Labute approximate surface area is 217 Å². The van der Waals surface area contributed by atoms with E-state index in [-0.39, 0.29) is 0 Å². The van der Waals surface area contributed by atoms with Crippen LogP contribution in [0.25, 0.3) is 0 Å². The van der Waals surface area contributed by atoms with Crippen LogP contribution in [0.4, 0.5) is 0 Å². The summed E-state index contributed by atoms with van der Waals surface area (Å²) >= 11 is 0. The van der Waals surface area contributed by atoms with E-state index < -0.39 is 0 Å². The smallest absolute Gasteiger partial charge is 0.0162 e. The van der Waals surface area contributed by atoms with Crippen molar-refractivity contribution < 1.29 is 0 Å². The van der Waals surface area contributed by atoms with Crippen LogP contribution in [0.3, 0.4) is 0 Å². The summed E-state index contributed by atoms with van der Waals surface area (Å²) in [5, 5.41) is 0. The van der Waals surface area contributed by atoms with Crippen molar-refractivity contribution in [3.63, 3.8) is 0 Å². The third-order valence-corrected chi connectivity index (χ3v) is 9.49. The van der Waals surface area contributed by atoms with E-state index in [1.807, 2.05) is 0 Å². The molecule has 0 atom stereocenters. The second-order valence-corrected chi connectivity index (χ2v) is 12.1. The molecule has 2 aromatic rings. The van der Waals surface area contributed by atoms with E-state index in [0.29, 0.717) is 0 Å². The van der Waals surface area contributed by atoms with Crippen LogP contribution >= 0.6 is 0 Å². The third kappa shape index (κ3) is 8.51. The number of hydrogen-bond donors (Lipinski definition) is 0. The molecule has 2 fully saturated rings. The van der Waals surface area contributed by atoms with Crippen LogP contribution in [-0.4, -0.2) is 0 Å². The van der Waals surface area contributed by atoms with Crippen molar-refractivity contribution in [1.82, 2.24) is 0 Å². The van der Waals surface area contributed by atoms with Gasteiger partial charge >= 0.3 is 0 Å². The molecule has 2 aliphatic carbocycles. The van der Waals surface area contributed by atoms with Crippen LogP contribution in [0.5, 0.6) is 0 Å². The molecule has 4 rings (SSSR count). The van der Waals surface area contributed by atoms with Gasteiger partial charge in [0.1, 0.15) is 0 Å². The molecule has 0 heteroatoms. The van der Waals surface area contributed by atoms with Gasteiger partial charge in [-0.2, -0.15) is 0 Å². The minimum absolute atomic E-state index is 0.806. The predicted molar refractivity (Wildman–Crippen MR) is 153 cm³/mol. The lowest BCUT2D eigenvalue weighted by atomic mass is 9.77. The van der Waals surface area contributed by atoms with Crippen molar-refractivity contribution in [3.8, 4) is 0 Å². The SMILES string of the molecule is CCCCC1CCC(CCc2ccc(CCc3ccc(C4CCC(CCC)CC4)cc3)cc2)CC1. The van der Waals surface area contributed by atoms with Crippen LogP contribution in [0.15, 0.2) is 48.5 Å². The van der Waals surface area contributed by atoms with Gasteiger partial charge in [-0.15, -0.1) is 0 Å². The highest BCUT2D eigenvalue weighted by atomic mass is 14.3. The topological polar surface area (TPSA) is 0 Å². The first-order valence-corrected chi connectivity index (χ1v) is 15.4. The highest BCUT2D eigenvalue weighted by Crippen LogP contribution is 2.37. The summed E-state index contributed by atoms with van der Waals surface area (Å²) in [6.45, 7) is 4.66. The number of unbranched alkanes of at least 4 members (excludes halogenated alkanes) is 1. The Morgan fingerprint density at radius 3 is 1.49 bits per heavy atom. The van der Waals surface area contributed by atoms with Gasteiger partial charge in [0, 0.05) is 0 Å². The summed E-state index contributed by atoms with van der Waals surface area (Å²) in [7, 11) is 0. The van der Waals surface area contributed by atoms with E-state index in [2.05, 4.69) is 62.4 Å². The van der Waals surface area contributed by atoms with Gasteiger partial charge in [0.05, 0.1) is 0 Å². The van der Waals surface area contributed by atoms with Gasteiger partial charge in [0.2, 0.25) is 0 Å². The van der Waals surface area contributed by atoms with Crippen molar-refractivity contribution in [2.75, 3.05) is 0 Å². The van der Waals surface area contributed by atoms with Crippen LogP contribution in [0.2, 0.25) is 0 Å². The maximum atomic E-state index is 2.43. The Kier molecular flexibility index (Phi) is 10.8. The van der Waals surface area contributed by atoms with Crippen molar-refractivity contribution in [3.05, 3.63) is 70.8 Å². The Morgan fingerprint density at radius 1 is 0.486 bits per heavy atom. The van der Waals surface area contributed by atoms with Crippen molar-refractivity contribution in [2.24, 2.45) is 17.8 Å². The summed E-state index contributed by atoms with van der Waals surface area (Å²) in [6.07, 6.45) is 23.7. The average molecular weight is 473 g/mol. The van der Waals surface area contributed by atoms with Crippen molar-refractivity contribution >= 4 is 0 Å². The van der Waals surface area contributed by atoms with Gasteiger partial charge in [-0.1, -0.05) is 120 Å². The molecule has 2 aromatic carbocycles. The Bertz CT molecular complexity index is 813. The fraction of sp³-hybridized carbons (Fsp3) is 0.657. The maximum Gasteiger partial charge on any atom is -0.0162 e. The van der Waals surface area contributed by atoms with E-state index >= 15 is 0 Å². The first-order valence-electron chi connectivity index (χ1n) is 15.4. The van der Waals surface area contributed by atoms with E-state index in [0.717, 1.165) is 36.5 Å². The standard InChI is InChI=1S/C35H52/c1-3-5-7-29-8-10-30(11-9-29)12-13-31-14-16-32(17-15-31)18-19-33-22-26-35(27-23-33)34-24-20-28(6-4-2)21-25-34/h14-17,22-23,26-30,34H,3-13,18-21,24-25H2,1-2H3. The molecule has 0 amide bonds. The minimum atomic E-state index is 0.806. The fourth-order valence-corrected chi connectivity index (χ4v) is 6.98. The third-order valence-electron chi connectivity index (χ3n) is 9.49. The lowest BCUT2D eigenvalue weighted by Crippen LogP contribution is -2.15. The molecule has 0 unspecified atom stereocenters. The Balaban J connectivity index is 1.15. The van der Waals surface area contributed by atoms with Gasteiger partial charge in [-0.05, 0) is 97.3 Å². The van der Waals surface area contributed by atoms with Gasteiger partial charge < -0.3 is 0 Å². The first kappa shape index (κ1) is 26.5. The predicted octanol–water partition coefficient (Wildman–Crippen LogP) is 10.5. The zero-order chi connectivity index (χ0) is 24.3. The van der Waals surface area contributed by atoms with Crippen molar-refractivity contribution in [1.29, 1.82) is 0 Å². The average Bonchev–Trinajstić information content (AvgIpc) is 2.92. The van der Waals surface area contributed by atoms with Crippen LogP contribution in [-0.2, 0) is 19.3 Å². The quantitative estimate of drug-likeness (QED) is 0.288. The summed E-state index contributed by atoms with van der Waals surface area (Å²) in [5.41, 5.74) is 6.11. The Hall–Kier alpha value is -1.56. The molecule has 0 spiro atoms. The zero-order valence-electron chi connectivity index (χ0n) is 22.9. The highest BCUT2D eigenvalue weighted by molar-refractivity contribution is 5.28. The van der Waals surface area contributed by atoms with Gasteiger partial charge in [-0.3, -0.25) is 0 Å². The molecule has 192 valence electrons. The van der Waals surface area contributed by atoms with Crippen molar-refractivity contribution in [2.45, 2.75) is 129 Å². The minimum Gasteiger partial charge on any atom is -0.0654 e. The molecule has 0 N–H and O–H groups in total. The zero-order valence-corrected chi connectivity index (χ0v) is 22.9. The Morgan fingerprint density at radius 2 is 0.943 bits per heavy atom. The number of rotatable bonds is 12. The highest BCUT2D eigenvalue weighted by Gasteiger charge is 2.22. The van der Waals surface area contributed by atoms with Gasteiger partial charge in [0.15, 0.2) is 0 Å². The molecular weight excluding hydrogens is 420 g/mol. The molecule has 0 saturated heterocycles. The lowest BCUT2D eigenvalue weighted by molar-refractivity contribution is 0.250. The molecule has 0 radical (unpaired) electrons. The second kappa shape index (κ2) is 14.2.